The molecule has 1 aromatic carbocycles. The van der Waals surface area contributed by atoms with Gasteiger partial charge in [0.15, 0.2) is 5.75 Å². The van der Waals surface area contributed by atoms with Crippen LogP contribution < -0.4 is 20.9 Å². The summed E-state index contributed by atoms with van der Waals surface area (Å²) in [6.45, 7) is -0.516. The van der Waals surface area contributed by atoms with Crippen LogP contribution in [0.25, 0.3) is 11.1 Å². The van der Waals surface area contributed by atoms with Crippen LogP contribution in [0.3, 0.4) is 0 Å². The van der Waals surface area contributed by atoms with Crippen molar-refractivity contribution in [2.24, 2.45) is 0 Å². The SMILES string of the molecule is C#CCN1C(=O)C(F)(F)Oc2cc(F)c(-c3c[nH]c(=O)[nH]c3=O)cc21. The second-order valence-corrected chi connectivity index (χ2v) is 5.00. The van der Waals surface area contributed by atoms with Gasteiger partial charge in [-0.2, -0.15) is 8.78 Å². The van der Waals surface area contributed by atoms with Gasteiger partial charge in [-0.3, -0.25) is 19.5 Å². The molecule has 0 unspecified atom stereocenters. The highest BCUT2D eigenvalue weighted by Crippen LogP contribution is 2.42. The monoisotopic (exact) mass is 351 g/mol. The second-order valence-electron chi connectivity index (χ2n) is 5.00. The zero-order valence-corrected chi connectivity index (χ0v) is 12.2. The molecule has 0 spiro atoms. The number of terminal acetylenes is 1. The predicted octanol–water partition coefficient (Wildman–Crippen LogP) is 0.821. The molecule has 3 rings (SSSR count). The Balaban J connectivity index is 2.24. The van der Waals surface area contributed by atoms with E-state index in [1.54, 1.807) is 0 Å². The Morgan fingerprint density at radius 2 is 1.96 bits per heavy atom. The molecule has 0 radical (unpaired) electrons. The summed E-state index contributed by atoms with van der Waals surface area (Å²) in [5.41, 5.74) is -2.54. The zero-order valence-electron chi connectivity index (χ0n) is 12.2. The summed E-state index contributed by atoms with van der Waals surface area (Å²) in [5.74, 6) is -1.35. The van der Waals surface area contributed by atoms with Crippen molar-refractivity contribution in [3.05, 3.63) is 45.0 Å². The number of H-pyrrole nitrogens is 2. The van der Waals surface area contributed by atoms with Crippen LogP contribution in [0.15, 0.2) is 27.9 Å². The number of carbonyl (C=O) groups excluding carboxylic acids is 1. The van der Waals surface area contributed by atoms with E-state index in [2.05, 4.69) is 9.72 Å². The Kier molecular flexibility index (Phi) is 3.64. The largest absolute Gasteiger partial charge is 0.483 e. The predicted molar refractivity (Wildman–Crippen MR) is 79.8 cm³/mol. The lowest BCUT2D eigenvalue weighted by Gasteiger charge is -2.32. The third-order valence-electron chi connectivity index (χ3n) is 3.43. The summed E-state index contributed by atoms with van der Waals surface area (Å²) in [6.07, 6.45) is 1.84. The van der Waals surface area contributed by atoms with Crippen LogP contribution in [-0.2, 0) is 4.79 Å². The van der Waals surface area contributed by atoms with E-state index < -0.39 is 41.4 Å². The van der Waals surface area contributed by atoms with Crippen molar-refractivity contribution < 1.29 is 22.7 Å². The van der Waals surface area contributed by atoms with Gasteiger partial charge in [0.2, 0.25) is 0 Å². The number of ether oxygens (including phenoxy) is 1. The van der Waals surface area contributed by atoms with Crippen LogP contribution >= 0.6 is 0 Å². The van der Waals surface area contributed by atoms with E-state index in [0.29, 0.717) is 11.0 Å². The lowest BCUT2D eigenvalue weighted by atomic mass is 10.1. The van der Waals surface area contributed by atoms with Crippen molar-refractivity contribution in [2.45, 2.75) is 6.11 Å². The average Bonchev–Trinajstić information content (AvgIpc) is 2.52. The van der Waals surface area contributed by atoms with E-state index >= 15 is 0 Å². The maximum atomic E-state index is 14.3. The number of amides is 1. The normalized spacial score (nSPS) is 15.3. The number of nitrogens with one attached hydrogen (secondary N) is 2. The molecule has 1 amide bonds. The number of anilines is 1. The van der Waals surface area contributed by atoms with Gasteiger partial charge >= 0.3 is 17.7 Å². The number of nitrogens with zero attached hydrogens (tertiary/aromatic N) is 1. The number of hydrogen-bond acceptors (Lipinski definition) is 4. The van der Waals surface area contributed by atoms with Crippen LogP contribution in [-0.4, -0.2) is 28.5 Å². The molecule has 10 heteroatoms. The first-order valence-electron chi connectivity index (χ1n) is 6.73. The Morgan fingerprint density at radius 1 is 1.24 bits per heavy atom. The van der Waals surface area contributed by atoms with Gasteiger partial charge < -0.3 is 9.72 Å². The molecule has 7 nitrogen and oxygen atoms in total. The number of carbonyl (C=O) groups is 1. The second kappa shape index (κ2) is 5.55. The van der Waals surface area contributed by atoms with Crippen molar-refractivity contribution in [3.63, 3.8) is 0 Å². The minimum atomic E-state index is -4.20. The Morgan fingerprint density at radius 3 is 2.60 bits per heavy atom. The third-order valence-corrected chi connectivity index (χ3v) is 3.43. The van der Waals surface area contributed by atoms with E-state index in [4.69, 9.17) is 6.42 Å². The Labute approximate surface area is 137 Å². The highest BCUT2D eigenvalue weighted by molar-refractivity contribution is 6.01. The van der Waals surface area contributed by atoms with Crippen LogP contribution in [0, 0.1) is 18.2 Å². The summed E-state index contributed by atoms with van der Waals surface area (Å²) >= 11 is 0. The van der Waals surface area contributed by atoms with Crippen molar-refractivity contribution in [1.82, 2.24) is 9.97 Å². The fourth-order valence-corrected chi connectivity index (χ4v) is 2.35. The van der Waals surface area contributed by atoms with Gasteiger partial charge in [-0.25, -0.2) is 9.18 Å². The molecule has 1 aromatic heterocycles. The summed E-state index contributed by atoms with van der Waals surface area (Å²) in [5, 5.41) is 0. The average molecular weight is 351 g/mol. The molecule has 0 fully saturated rings. The van der Waals surface area contributed by atoms with Gasteiger partial charge in [0, 0.05) is 17.8 Å². The summed E-state index contributed by atoms with van der Waals surface area (Å²) in [7, 11) is 0. The molecule has 1 aliphatic heterocycles. The molecular formula is C15H8F3N3O4. The van der Waals surface area contributed by atoms with Crippen LogP contribution in [0.2, 0.25) is 0 Å². The smallest absolute Gasteiger partial charge is 0.423 e. The fraction of sp³-hybridized carbons (Fsp3) is 0.133. The Bertz CT molecular complexity index is 1040. The minimum absolute atomic E-state index is 0.226. The molecule has 2 N–H and O–H groups in total. The van der Waals surface area contributed by atoms with Crippen LogP contribution in [0.4, 0.5) is 18.9 Å². The maximum Gasteiger partial charge on any atom is 0.483 e. The van der Waals surface area contributed by atoms with E-state index in [9.17, 15) is 27.6 Å². The number of halogens is 3. The lowest BCUT2D eigenvalue weighted by molar-refractivity contribution is -0.192. The number of fused-ring (bicyclic) bond motifs is 1. The van der Waals surface area contributed by atoms with E-state index in [0.717, 1.165) is 12.3 Å². The molecule has 2 aromatic rings. The first-order valence-corrected chi connectivity index (χ1v) is 6.73. The molecule has 0 bridgehead atoms. The van der Waals surface area contributed by atoms with Gasteiger partial charge in [-0.1, -0.05) is 5.92 Å². The highest BCUT2D eigenvalue weighted by atomic mass is 19.3. The molecule has 2 heterocycles. The molecule has 0 saturated carbocycles. The van der Waals surface area contributed by atoms with E-state index in [1.807, 2.05) is 10.9 Å². The molecule has 1 aliphatic rings. The van der Waals surface area contributed by atoms with E-state index in [-0.39, 0.29) is 16.8 Å². The number of benzene rings is 1. The number of rotatable bonds is 2. The van der Waals surface area contributed by atoms with Gasteiger partial charge in [0.1, 0.15) is 5.82 Å². The number of hydrogen-bond donors (Lipinski definition) is 2. The number of alkyl halides is 2. The van der Waals surface area contributed by atoms with Gasteiger partial charge in [-0.05, 0) is 6.07 Å². The zero-order chi connectivity index (χ0) is 18.4. The van der Waals surface area contributed by atoms with Crippen molar-refractivity contribution in [1.29, 1.82) is 0 Å². The number of aromatic amines is 2. The standard InChI is InChI=1S/C15H8F3N3O4/c1-2-3-21-10-4-7(8-6-19-14(24)20-12(8)22)9(16)5-11(10)25-15(17,18)13(21)23/h1,4-6H,3H2,(H2,19,20,22,24). The van der Waals surface area contributed by atoms with Gasteiger partial charge in [0.25, 0.3) is 5.56 Å². The van der Waals surface area contributed by atoms with Gasteiger partial charge in [0.05, 0.1) is 17.8 Å². The lowest BCUT2D eigenvalue weighted by Crippen LogP contribution is -2.51. The van der Waals surface area contributed by atoms with Crippen LogP contribution in [0.1, 0.15) is 0 Å². The van der Waals surface area contributed by atoms with Crippen LogP contribution in [0.5, 0.6) is 5.75 Å². The maximum absolute atomic E-state index is 14.3. The Hall–Kier alpha value is -3.48. The summed E-state index contributed by atoms with van der Waals surface area (Å²) in [4.78, 5) is 39.3. The first kappa shape index (κ1) is 16.4. The molecular weight excluding hydrogens is 343 g/mol. The molecule has 128 valence electrons. The molecule has 0 saturated heterocycles. The van der Waals surface area contributed by atoms with Crippen molar-refractivity contribution in [2.75, 3.05) is 11.4 Å². The first-order chi connectivity index (χ1) is 11.7. The molecule has 0 atom stereocenters. The topological polar surface area (TPSA) is 95.3 Å². The van der Waals surface area contributed by atoms with Crippen molar-refractivity contribution >= 4 is 11.6 Å². The number of aromatic nitrogens is 2. The van der Waals surface area contributed by atoms with Gasteiger partial charge in [-0.15, -0.1) is 6.42 Å². The quantitative estimate of drug-likeness (QED) is 0.783. The highest BCUT2D eigenvalue weighted by Gasteiger charge is 2.50. The fourth-order valence-electron chi connectivity index (χ4n) is 2.35. The van der Waals surface area contributed by atoms with Crippen molar-refractivity contribution in [3.8, 4) is 29.2 Å². The summed E-state index contributed by atoms with van der Waals surface area (Å²) < 4.78 is 45.8. The summed E-state index contributed by atoms with van der Waals surface area (Å²) in [6, 6.07) is 1.58. The third kappa shape index (κ3) is 2.65. The molecule has 0 aliphatic carbocycles. The minimum Gasteiger partial charge on any atom is -0.423 e. The molecule has 25 heavy (non-hydrogen) atoms. The van der Waals surface area contributed by atoms with E-state index in [1.165, 1.54) is 0 Å².